The molecule has 1 aliphatic rings. The van der Waals surface area contributed by atoms with Gasteiger partial charge in [-0.05, 0) is 43.3 Å². The van der Waals surface area contributed by atoms with Gasteiger partial charge in [-0.2, -0.15) is 0 Å². The monoisotopic (exact) mass is 253 g/mol. The molecule has 0 fully saturated rings. The van der Waals surface area contributed by atoms with Crippen LogP contribution < -0.4 is 4.74 Å². The summed E-state index contributed by atoms with van der Waals surface area (Å²) in [6.45, 7) is 2.00. The molecule has 4 heteroatoms. The van der Waals surface area contributed by atoms with Crippen molar-refractivity contribution in [3.8, 4) is 5.75 Å². The number of allylic oxidation sites excluding steroid dienone is 3. The van der Waals surface area contributed by atoms with Crippen LogP contribution in [0.1, 0.15) is 12.5 Å². The van der Waals surface area contributed by atoms with Crippen molar-refractivity contribution in [1.82, 2.24) is 5.06 Å². The maximum absolute atomic E-state index is 5.64. The fraction of sp³-hybridized carbons (Fsp3) is 0.231. The first-order valence-corrected chi connectivity index (χ1v) is 5.15. The van der Waals surface area contributed by atoms with Crippen LogP contribution in [0.2, 0.25) is 0 Å². The molecule has 17 heavy (non-hydrogen) atoms. The van der Waals surface area contributed by atoms with Gasteiger partial charge < -0.3 is 9.57 Å². The van der Waals surface area contributed by atoms with Gasteiger partial charge in [-0.3, -0.25) is 0 Å². The van der Waals surface area contributed by atoms with Crippen LogP contribution in [0.25, 0.3) is 5.76 Å². The minimum absolute atomic E-state index is 0. The van der Waals surface area contributed by atoms with Gasteiger partial charge >= 0.3 is 0 Å². The molecule has 3 nitrogen and oxygen atoms in total. The number of hydrogen-bond acceptors (Lipinski definition) is 3. The van der Waals surface area contributed by atoms with E-state index in [0.717, 1.165) is 22.8 Å². The highest BCUT2D eigenvalue weighted by Gasteiger charge is 2.11. The molecule has 0 N–H and O–H groups in total. The number of rotatable bonds is 2. The average molecular weight is 254 g/mol. The zero-order valence-corrected chi connectivity index (χ0v) is 11.0. The number of halogens is 1. The average Bonchev–Trinajstić information content (AvgIpc) is 2.33. The molecule has 0 aromatic heterocycles. The van der Waals surface area contributed by atoms with Gasteiger partial charge in [0.05, 0.1) is 7.11 Å². The lowest BCUT2D eigenvalue weighted by Gasteiger charge is -2.25. The van der Waals surface area contributed by atoms with Crippen LogP contribution in [0, 0.1) is 0 Å². The Morgan fingerprint density at radius 1 is 1.12 bits per heavy atom. The molecule has 0 amide bonds. The van der Waals surface area contributed by atoms with Crippen molar-refractivity contribution in [3.63, 3.8) is 0 Å². The van der Waals surface area contributed by atoms with Gasteiger partial charge in [-0.1, -0.05) is 0 Å². The van der Waals surface area contributed by atoms with Crippen LogP contribution in [-0.2, 0) is 4.84 Å². The third-order valence-corrected chi connectivity index (χ3v) is 2.58. The predicted molar refractivity (Wildman–Crippen MR) is 70.8 cm³/mol. The van der Waals surface area contributed by atoms with E-state index in [2.05, 4.69) is 0 Å². The van der Waals surface area contributed by atoms with Crippen molar-refractivity contribution in [2.45, 2.75) is 6.92 Å². The molecule has 1 aliphatic heterocycles. The summed E-state index contributed by atoms with van der Waals surface area (Å²) in [6, 6.07) is 7.80. The highest BCUT2D eigenvalue weighted by Crippen LogP contribution is 2.24. The first-order chi connectivity index (χ1) is 7.70. The van der Waals surface area contributed by atoms with Crippen LogP contribution in [-0.4, -0.2) is 19.2 Å². The molecule has 0 atom stereocenters. The van der Waals surface area contributed by atoms with Crippen molar-refractivity contribution in [1.29, 1.82) is 0 Å². The summed E-state index contributed by atoms with van der Waals surface area (Å²) in [7, 11) is 3.55. The lowest BCUT2D eigenvalue weighted by molar-refractivity contribution is -0.0297. The zero-order chi connectivity index (χ0) is 11.5. The van der Waals surface area contributed by atoms with E-state index in [4.69, 9.17) is 9.57 Å². The Hall–Kier alpha value is -1.61. The smallest absolute Gasteiger partial charge is 0.162 e. The van der Waals surface area contributed by atoms with Gasteiger partial charge in [-0.25, -0.2) is 5.06 Å². The maximum Gasteiger partial charge on any atom is 0.162 e. The van der Waals surface area contributed by atoms with Crippen molar-refractivity contribution in [2.24, 2.45) is 0 Å². The summed E-state index contributed by atoms with van der Waals surface area (Å²) < 4.78 is 5.11. The Balaban J connectivity index is 0.00000144. The van der Waals surface area contributed by atoms with Crippen LogP contribution in [0.3, 0.4) is 0 Å². The third kappa shape index (κ3) is 2.94. The molecule has 1 aromatic rings. The second kappa shape index (κ2) is 5.64. The molecule has 0 aliphatic carbocycles. The van der Waals surface area contributed by atoms with Crippen LogP contribution in [0.4, 0.5) is 0 Å². The van der Waals surface area contributed by atoms with E-state index < -0.39 is 0 Å². The molecule has 0 radical (unpaired) electrons. The van der Waals surface area contributed by atoms with Crippen molar-refractivity contribution in [2.75, 3.05) is 14.2 Å². The number of methoxy groups -OCH3 is 1. The van der Waals surface area contributed by atoms with Gasteiger partial charge in [-0.15, -0.1) is 12.4 Å². The number of ether oxygens (including phenoxy) is 1. The zero-order valence-electron chi connectivity index (χ0n) is 10.1. The van der Waals surface area contributed by atoms with Gasteiger partial charge in [0.25, 0.3) is 0 Å². The van der Waals surface area contributed by atoms with E-state index in [1.807, 2.05) is 50.4 Å². The quantitative estimate of drug-likeness (QED) is 0.808. The molecule has 0 saturated carbocycles. The topological polar surface area (TPSA) is 21.7 Å². The van der Waals surface area contributed by atoms with Gasteiger partial charge in [0.1, 0.15) is 5.75 Å². The van der Waals surface area contributed by atoms with Gasteiger partial charge in [0, 0.05) is 18.3 Å². The molecule has 0 saturated heterocycles. The Kier molecular flexibility index (Phi) is 4.46. The van der Waals surface area contributed by atoms with Crippen LogP contribution >= 0.6 is 12.4 Å². The normalized spacial score (nSPS) is 14.2. The summed E-state index contributed by atoms with van der Waals surface area (Å²) in [4.78, 5) is 5.64. The Morgan fingerprint density at radius 2 is 1.76 bits per heavy atom. The molecule has 2 rings (SSSR count). The molecule has 0 spiro atoms. The maximum atomic E-state index is 5.64. The van der Waals surface area contributed by atoms with Crippen LogP contribution in [0.15, 0.2) is 42.1 Å². The second-order valence-electron chi connectivity index (χ2n) is 3.66. The fourth-order valence-corrected chi connectivity index (χ4v) is 1.46. The molecule has 0 unspecified atom stereocenters. The number of benzene rings is 1. The second-order valence-corrected chi connectivity index (χ2v) is 3.66. The summed E-state index contributed by atoms with van der Waals surface area (Å²) >= 11 is 0. The largest absolute Gasteiger partial charge is 0.497 e. The van der Waals surface area contributed by atoms with E-state index in [-0.39, 0.29) is 12.4 Å². The third-order valence-electron chi connectivity index (χ3n) is 2.58. The Morgan fingerprint density at radius 3 is 2.29 bits per heavy atom. The van der Waals surface area contributed by atoms with E-state index >= 15 is 0 Å². The first kappa shape index (κ1) is 13.5. The molecular formula is C13H16ClNO2. The SMILES string of the molecule is COc1ccc(C2=CC=C(C)N(C)O2)cc1.Cl. The number of hydroxylamine groups is 2. The number of hydrogen-bond donors (Lipinski definition) is 0. The van der Waals surface area contributed by atoms with Gasteiger partial charge in [0.15, 0.2) is 5.76 Å². The lowest BCUT2D eigenvalue weighted by Crippen LogP contribution is -2.18. The van der Waals surface area contributed by atoms with E-state index in [0.29, 0.717) is 0 Å². The number of nitrogens with zero attached hydrogens (tertiary/aromatic N) is 1. The lowest BCUT2D eigenvalue weighted by atomic mass is 10.1. The molecule has 1 heterocycles. The van der Waals surface area contributed by atoms with Gasteiger partial charge in [0.2, 0.25) is 0 Å². The fourth-order valence-electron chi connectivity index (χ4n) is 1.46. The van der Waals surface area contributed by atoms with Crippen LogP contribution in [0.5, 0.6) is 5.75 Å². The summed E-state index contributed by atoms with van der Waals surface area (Å²) in [6.07, 6.45) is 4.00. The Labute approximate surface area is 108 Å². The van der Waals surface area contributed by atoms with E-state index in [1.165, 1.54) is 0 Å². The summed E-state index contributed by atoms with van der Waals surface area (Å²) in [5, 5.41) is 1.75. The molecule has 92 valence electrons. The van der Waals surface area contributed by atoms with E-state index in [1.54, 1.807) is 12.2 Å². The summed E-state index contributed by atoms with van der Waals surface area (Å²) in [5.41, 5.74) is 2.12. The first-order valence-electron chi connectivity index (χ1n) is 5.15. The molecule has 1 aromatic carbocycles. The minimum atomic E-state index is 0. The standard InChI is InChI=1S/C13H15NO2.ClH/c1-10-4-9-13(16-14(10)2)11-5-7-12(15-3)8-6-11;/h4-9H,1-3H3;1H. The summed E-state index contributed by atoms with van der Waals surface area (Å²) in [5.74, 6) is 1.69. The van der Waals surface area contributed by atoms with Crippen molar-refractivity contribution >= 4 is 18.2 Å². The highest BCUT2D eigenvalue weighted by molar-refractivity contribution is 5.85. The van der Waals surface area contributed by atoms with E-state index in [9.17, 15) is 0 Å². The molecular weight excluding hydrogens is 238 g/mol. The van der Waals surface area contributed by atoms with Crippen molar-refractivity contribution in [3.05, 3.63) is 47.7 Å². The minimum Gasteiger partial charge on any atom is -0.497 e. The molecule has 0 bridgehead atoms. The highest BCUT2D eigenvalue weighted by atomic mass is 35.5. The Bertz CT molecular complexity index is 437. The predicted octanol–water partition coefficient (Wildman–Crippen LogP) is 3.24. The van der Waals surface area contributed by atoms with Crippen molar-refractivity contribution < 1.29 is 9.57 Å².